The van der Waals surface area contributed by atoms with Gasteiger partial charge in [-0.25, -0.2) is 9.97 Å². The molecule has 0 fully saturated rings. The number of halogens is 2. The molecule has 0 amide bonds. The average Bonchev–Trinajstić information content (AvgIpc) is 1.88. The molecule has 0 aromatic carbocycles. The fourth-order valence-electron chi connectivity index (χ4n) is 0.544. The van der Waals surface area contributed by atoms with Crippen LogP contribution in [0.4, 0.5) is 0 Å². The minimum atomic E-state index is 0.176. The highest BCUT2D eigenvalue weighted by Crippen LogP contribution is 2.03. The van der Waals surface area contributed by atoms with Crippen LogP contribution in [0.2, 0.25) is 17.3 Å². The van der Waals surface area contributed by atoms with Crippen LogP contribution in [-0.4, -0.2) is 17.2 Å². The molecule has 51 valence electrons. The first-order chi connectivity index (χ1) is 4.74. The van der Waals surface area contributed by atoms with Crippen molar-refractivity contribution in [2.75, 3.05) is 0 Å². The van der Waals surface area contributed by atoms with E-state index in [1.807, 2.05) is 14.1 Å². The Morgan fingerprint density at radius 1 is 1.50 bits per heavy atom. The van der Waals surface area contributed by atoms with E-state index in [2.05, 4.69) is 9.97 Å². The van der Waals surface area contributed by atoms with E-state index in [9.17, 15) is 0 Å². The van der Waals surface area contributed by atoms with Gasteiger partial charge in [0.05, 0.1) is 0 Å². The highest BCUT2D eigenvalue weighted by molar-refractivity contribution is 6.56. The largest absolute Gasteiger partial charge is 0.227 e. The summed E-state index contributed by atoms with van der Waals surface area (Å²) < 4.78 is 0. The van der Waals surface area contributed by atoms with Crippen molar-refractivity contribution >= 4 is 35.9 Å². The maximum atomic E-state index is 5.66. The summed E-state index contributed by atoms with van der Waals surface area (Å²) in [6.07, 6.45) is 1.58. The highest BCUT2D eigenvalue weighted by Gasteiger charge is 2.00. The molecule has 0 spiro atoms. The fraction of sp³-hybridized carbons (Fsp3) is 0.200. The third-order valence-corrected chi connectivity index (χ3v) is 1.53. The first-order valence-electron chi connectivity index (χ1n) is 2.71. The Bertz CT molecular complexity index is 241. The molecule has 2 nitrogen and oxygen atoms in total. The van der Waals surface area contributed by atoms with Gasteiger partial charge >= 0.3 is 0 Å². The smallest absolute Gasteiger partial charge is 0.223 e. The van der Waals surface area contributed by atoms with Crippen LogP contribution in [0.1, 0.15) is 0 Å². The van der Waals surface area contributed by atoms with Gasteiger partial charge in [-0.1, -0.05) is 18.4 Å². The van der Waals surface area contributed by atoms with Crippen LogP contribution in [0, 0.1) is 0 Å². The van der Waals surface area contributed by atoms with Crippen LogP contribution < -0.4 is 5.46 Å². The van der Waals surface area contributed by atoms with Gasteiger partial charge < -0.3 is 0 Å². The van der Waals surface area contributed by atoms with Gasteiger partial charge in [0.1, 0.15) is 5.15 Å². The minimum Gasteiger partial charge on any atom is -0.227 e. The topological polar surface area (TPSA) is 25.8 Å². The predicted molar refractivity (Wildman–Crippen MR) is 43.3 cm³/mol. The van der Waals surface area contributed by atoms with Gasteiger partial charge in [-0.2, -0.15) is 0 Å². The van der Waals surface area contributed by atoms with Crippen molar-refractivity contribution in [1.29, 1.82) is 0 Å². The maximum absolute atomic E-state index is 5.66. The molecule has 0 aliphatic rings. The molecule has 1 heterocycles. The van der Waals surface area contributed by atoms with Gasteiger partial charge in [0, 0.05) is 6.20 Å². The SMILES string of the molecule is C[B]c1cnc(Cl)nc1Cl. The zero-order chi connectivity index (χ0) is 7.56. The molecule has 0 atom stereocenters. The predicted octanol–water partition coefficient (Wildman–Crippen LogP) is 1.16. The van der Waals surface area contributed by atoms with Crippen LogP contribution in [-0.2, 0) is 0 Å². The van der Waals surface area contributed by atoms with Gasteiger partial charge in [-0.15, -0.1) is 0 Å². The molecule has 0 N–H and O–H groups in total. The molecule has 0 aliphatic carbocycles. The van der Waals surface area contributed by atoms with E-state index in [0.717, 1.165) is 5.46 Å². The molecule has 0 unspecified atom stereocenters. The molecule has 10 heavy (non-hydrogen) atoms. The lowest BCUT2D eigenvalue weighted by atomic mass is 9.75. The van der Waals surface area contributed by atoms with E-state index in [1.165, 1.54) is 0 Å². The highest BCUT2D eigenvalue weighted by atomic mass is 35.5. The Kier molecular flexibility index (Phi) is 2.52. The summed E-state index contributed by atoms with van der Waals surface area (Å²) in [5.41, 5.74) is 0.797. The molecule has 1 aromatic heterocycles. The lowest BCUT2D eigenvalue weighted by Crippen LogP contribution is -2.14. The van der Waals surface area contributed by atoms with Gasteiger partial charge in [0.15, 0.2) is 7.28 Å². The van der Waals surface area contributed by atoms with Crippen molar-refractivity contribution in [1.82, 2.24) is 9.97 Å². The summed E-state index contributed by atoms with van der Waals surface area (Å²) in [5.74, 6) is 0. The first kappa shape index (κ1) is 7.83. The molecule has 0 bridgehead atoms. The third kappa shape index (κ3) is 1.61. The van der Waals surface area contributed by atoms with E-state index < -0.39 is 0 Å². The standard InChI is InChI=1S/C5H4BCl2N2/c1-6-3-2-9-5(8)10-4(3)7/h2H,1H3. The maximum Gasteiger partial charge on any atom is 0.223 e. The molecule has 5 heteroatoms. The number of nitrogens with zero attached hydrogens (tertiary/aromatic N) is 2. The Morgan fingerprint density at radius 2 is 2.20 bits per heavy atom. The summed E-state index contributed by atoms with van der Waals surface area (Å²) in [5, 5.41) is 0.568. The van der Waals surface area contributed by atoms with Crippen molar-refractivity contribution in [3.8, 4) is 0 Å². The summed E-state index contributed by atoms with van der Waals surface area (Å²) in [7, 11) is 1.82. The Hall–Kier alpha value is -0.275. The van der Waals surface area contributed by atoms with E-state index in [0.29, 0.717) is 5.15 Å². The molecule has 1 aromatic rings. The number of hydrogen-bond donors (Lipinski definition) is 0. The van der Waals surface area contributed by atoms with Gasteiger partial charge in [0.2, 0.25) is 5.28 Å². The molecular weight excluding hydrogens is 170 g/mol. The number of rotatable bonds is 1. The second kappa shape index (κ2) is 3.22. The average molecular weight is 174 g/mol. The van der Waals surface area contributed by atoms with Crippen molar-refractivity contribution < 1.29 is 0 Å². The quantitative estimate of drug-likeness (QED) is 0.362. The van der Waals surface area contributed by atoms with Crippen molar-refractivity contribution in [3.05, 3.63) is 16.6 Å². The fourth-order valence-corrected chi connectivity index (χ4v) is 0.959. The van der Waals surface area contributed by atoms with Crippen molar-refractivity contribution in [2.45, 2.75) is 6.82 Å². The van der Waals surface area contributed by atoms with Crippen LogP contribution in [0.25, 0.3) is 0 Å². The van der Waals surface area contributed by atoms with Crippen LogP contribution >= 0.6 is 23.2 Å². The van der Waals surface area contributed by atoms with E-state index in [-0.39, 0.29) is 5.28 Å². The monoisotopic (exact) mass is 173 g/mol. The Morgan fingerprint density at radius 3 is 2.70 bits per heavy atom. The molecule has 0 saturated heterocycles. The van der Waals surface area contributed by atoms with Gasteiger partial charge in [-0.05, 0) is 17.1 Å². The summed E-state index contributed by atoms with van der Waals surface area (Å²) in [4.78, 5) is 7.48. The molecule has 0 aliphatic heterocycles. The lowest BCUT2D eigenvalue weighted by Gasteiger charge is -1.96. The van der Waals surface area contributed by atoms with Crippen LogP contribution in [0.3, 0.4) is 0 Å². The van der Waals surface area contributed by atoms with Crippen LogP contribution in [0.5, 0.6) is 0 Å². The number of hydrogen-bond acceptors (Lipinski definition) is 2. The minimum absolute atomic E-state index is 0.176. The third-order valence-electron chi connectivity index (χ3n) is 1.05. The summed E-state index contributed by atoms with van der Waals surface area (Å²) in [6, 6.07) is 0. The second-order valence-electron chi connectivity index (χ2n) is 1.67. The zero-order valence-electron chi connectivity index (χ0n) is 5.31. The normalized spacial score (nSPS) is 9.50. The zero-order valence-corrected chi connectivity index (χ0v) is 6.82. The molecule has 0 saturated carbocycles. The lowest BCUT2D eigenvalue weighted by molar-refractivity contribution is 1.18. The Labute approximate surface area is 69.8 Å². The molecular formula is C5H4BCl2N2. The van der Waals surface area contributed by atoms with Gasteiger partial charge in [-0.3, -0.25) is 0 Å². The van der Waals surface area contributed by atoms with E-state index in [1.54, 1.807) is 6.20 Å². The molecule has 1 radical (unpaired) electrons. The molecule has 1 rings (SSSR count). The van der Waals surface area contributed by atoms with E-state index >= 15 is 0 Å². The number of aromatic nitrogens is 2. The van der Waals surface area contributed by atoms with Gasteiger partial charge in [0.25, 0.3) is 0 Å². The van der Waals surface area contributed by atoms with E-state index in [4.69, 9.17) is 23.2 Å². The summed E-state index contributed by atoms with van der Waals surface area (Å²) >= 11 is 11.1. The van der Waals surface area contributed by atoms with Crippen molar-refractivity contribution in [3.63, 3.8) is 0 Å². The first-order valence-corrected chi connectivity index (χ1v) is 3.47. The Balaban J connectivity index is 3.07. The van der Waals surface area contributed by atoms with Crippen molar-refractivity contribution in [2.24, 2.45) is 0 Å². The van der Waals surface area contributed by atoms with Crippen LogP contribution in [0.15, 0.2) is 6.20 Å². The summed E-state index contributed by atoms with van der Waals surface area (Å²) in [6.45, 7) is 1.86. The second-order valence-corrected chi connectivity index (χ2v) is 2.37.